The zero-order valence-corrected chi connectivity index (χ0v) is 12.0. The van der Waals surface area contributed by atoms with Crippen molar-refractivity contribution in [2.45, 2.75) is 38.4 Å². The average Bonchev–Trinajstić information content (AvgIpc) is 2.46. The van der Waals surface area contributed by atoms with Gasteiger partial charge in [0.15, 0.2) is 0 Å². The summed E-state index contributed by atoms with van der Waals surface area (Å²) in [6, 6.07) is 2.87. The fourth-order valence-electron chi connectivity index (χ4n) is 2.63. The van der Waals surface area contributed by atoms with E-state index in [1.54, 1.807) is 6.07 Å². The number of pyridine rings is 1. The molecule has 2 heterocycles. The van der Waals surface area contributed by atoms with Crippen molar-refractivity contribution in [2.75, 3.05) is 26.2 Å². The fraction of sp³-hybridized carbons (Fsp3) is 0.667. The molecule has 0 spiro atoms. The van der Waals surface area contributed by atoms with E-state index in [0.717, 1.165) is 45.3 Å². The number of aliphatic hydroxyl groups is 1. The Hall–Kier alpha value is -1.04. The fourth-order valence-corrected chi connectivity index (χ4v) is 2.63. The van der Waals surface area contributed by atoms with Crippen molar-refractivity contribution in [3.05, 3.63) is 29.8 Å². The van der Waals surface area contributed by atoms with Crippen LogP contribution in [0.25, 0.3) is 0 Å². The third kappa shape index (κ3) is 4.51. The molecule has 2 atom stereocenters. The summed E-state index contributed by atoms with van der Waals surface area (Å²) in [6.07, 6.45) is 3.68. The number of hydrogen-bond donors (Lipinski definition) is 1. The van der Waals surface area contributed by atoms with Gasteiger partial charge in [0.1, 0.15) is 5.82 Å². The molecule has 0 amide bonds. The van der Waals surface area contributed by atoms with E-state index in [0.29, 0.717) is 18.2 Å². The largest absolute Gasteiger partial charge is 0.387 e. The third-order valence-corrected chi connectivity index (χ3v) is 3.68. The monoisotopic (exact) mass is 282 g/mol. The highest BCUT2D eigenvalue weighted by atomic mass is 19.1. The lowest BCUT2D eigenvalue weighted by atomic mass is 10.1. The van der Waals surface area contributed by atoms with Gasteiger partial charge in [-0.1, -0.05) is 0 Å². The highest BCUT2D eigenvalue weighted by molar-refractivity contribution is 5.07. The first-order valence-corrected chi connectivity index (χ1v) is 7.32. The normalized spacial score (nSPS) is 21.9. The molecule has 2 rings (SSSR count). The molecule has 1 aromatic heterocycles. The van der Waals surface area contributed by atoms with Crippen LogP contribution in [0.2, 0.25) is 0 Å². The molecule has 0 bridgehead atoms. The van der Waals surface area contributed by atoms with Crippen LogP contribution in [-0.4, -0.2) is 47.3 Å². The van der Waals surface area contributed by atoms with E-state index >= 15 is 0 Å². The second-order valence-corrected chi connectivity index (χ2v) is 5.23. The van der Waals surface area contributed by atoms with Gasteiger partial charge in [0, 0.05) is 19.7 Å². The minimum absolute atomic E-state index is 0.315. The van der Waals surface area contributed by atoms with Crippen LogP contribution in [0.3, 0.4) is 0 Å². The average molecular weight is 282 g/mol. The summed E-state index contributed by atoms with van der Waals surface area (Å²) in [5.41, 5.74) is 0.532. The van der Waals surface area contributed by atoms with Crippen LogP contribution in [0, 0.1) is 5.82 Å². The molecule has 0 aromatic carbocycles. The van der Waals surface area contributed by atoms with Gasteiger partial charge < -0.3 is 14.7 Å². The first kappa shape index (κ1) is 15.4. The number of hydrogen-bond acceptors (Lipinski definition) is 4. The van der Waals surface area contributed by atoms with Crippen molar-refractivity contribution in [3.8, 4) is 0 Å². The Bertz CT molecular complexity index is 397. The van der Waals surface area contributed by atoms with E-state index in [2.05, 4.69) is 9.88 Å². The summed E-state index contributed by atoms with van der Waals surface area (Å²) in [7, 11) is 0. The Morgan fingerprint density at radius 1 is 1.55 bits per heavy atom. The van der Waals surface area contributed by atoms with Gasteiger partial charge in [0.2, 0.25) is 0 Å². The standard InChI is InChI=1S/C15H23FN2O2/c1-2-20-13-4-3-8-18(11-13)9-7-15(19)14-6-5-12(16)10-17-14/h5-6,10,13,15,19H,2-4,7-9,11H2,1H3. The second-order valence-electron chi connectivity index (χ2n) is 5.23. The SMILES string of the molecule is CCOC1CCCN(CCC(O)c2ccc(F)cn2)C1. The van der Waals surface area contributed by atoms with Gasteiger partial charge in [0.25, 0.3) is 0 Å². The van der Waals surface area contributed by atoms with Gasteiger partial charge in [0.05, 0.1) is 24.1 Å². The molecule has 5 heteroatoms. The Morgan fingerprint density at radius 3 is 3.10 bits per heavy atom. The number of rotatable bonds is 6. The summed E-state index contributed by atoms with van der Waals surface area (Å²) >= 11 is 0. The Morgan fingerprint density at radius 2 is 2.40 bits per heavy atom. The summed E-state index contributed by atoms with van der Waals surface area (Å²) in [5, 5.41) is 10.1. The van der Waals surface area contributed by atoms with Crippen LogP contribution in [0.4, 0.5) is 4.39 Å². The number of ether oxygens (including phenoxy) is 1. The molecule has 0 aliphatic carbocycles. The lowest BCUT2D eigenvalue weighted by Gasteiger charge is -2.32. The minimum atomic E-state index is -0.636. The van der Waals surface area contributed by atoms with Crippen molar-refractivity contribution in [1.29, 1.82) is 0 Å². The number of aromatic nitrogens is 1. The van der Waals surface area contributed by atoms with Crippen LogP contribution >= 0.6 is 0 Å². The van der Waals surface area contributed by atoms with Crippen LogP contribution in [0.1, 0.15) is 38.0 Å². The molecule has 1 fully saturated rings. The first-order valence-electron chi connectivity index (χ1n) is 7.32. The number of halogens is 1. The van der Waals surface area contributed by atoms with Gasteiger partial charge in [-0.2, -0.15) is 0 Å². The highest BCUT2D eigenvalue weighted by Crippen LogP contribution is 2.18. The molecule has 20 heavy (non-hydrogen) atoms. The quantitative estimate of drug-likeness (QED) is 0.868. The Balaban J connectivity index is 1.78. The van der Waals surface area contributed by atoms with Crippen LogP contribution in [0.15, 0.2) is 18.3 Å². The van der Waals surface area contributed by atoms with Crippen molar-refractivity contribution in [2.24, 2.45) is 0 Å². The van der Waals surface area contributed by atoms with E-state index in [1.165, 1.54) is 6.07 Å². The molecular weight excluding hydrogens is 259 g/mol. The highest BCUT2D eigenvalue weighted by Gasteiger charge is 2.20. The van der Waals surface area contributed by atoms with E-state index in [4.69, 9.17) is 4.74 Å². The number of piperidine rings is 1. The third-order valence-electron chi connectivity index (χ3n) is 3.68. The minimum Gasteiger partial charge on any atom is -0.387 e. The van der Waals surface area contributed by atoms with Gasteiger partial charge in [-0.15, -0.1) is 0 Å². The Labute approximate surface area is 119 Å². The van der Waals surface area contributed by atoms with Crippen molar-refractivity contribution in [3.63, 3.8) is 0 Å². The number of nitrogens with zero attached hydrogens (tertiary/aromatic N) is 2. The summed E-state index contributed by atoms with van der Waals surface area (Å²) in [6.45, 7) is 5.55. The zero-order valence-electron chi connectivity index (χ0n) is 12.0. The number of aliphatic hydroxyl groups excluding tert-OH is 1. The molecule has 2 unspecified atom stereocenters. The molecule has 0 saturated carbocycles. The topological polar surface area (TPSA) is 45.6 Å². The smallest absolute Gasteiger partial charge is 0.141 e. The Kier molecular flexibility index (Phi) is 5.88. The van der Waals surface area contributed by atoms with Crippen LogP contribution in [0.5, 0.6) is 0 Å². The molecule has 1 saturated heterocycles. The van der Waals surface area contributed by atoms with Crippen molar-refractivity contribution in [1.82, 2.24) is 9.88 Å². The maximum atomic E-state index is 12.8. The zero-order chi connectivity index (χ0) is 14.4. The summed E-state index contributed by atoms with van der Waals surface area (Å²) in [5.74, 6) is -0.378. The maximum absolute atomic E-state index is 12.8. The van der Waals surface area contributed by atoms with E-state index in [9.17, 15) is 9.50 Å². The molecule has 112 valence electrons. The summed E-state index contributed by atoms with van der Waals surface area (Å²) < 4.78 is 18.4. The molecule has 0 radical (unpaired) electrons. The number of likely N-dealkylation sites (tertiary alicyclic amines) is 1. The molecule has 1 aromatic rings. The van der Waals surface area contributed by atoms with Crippen molar-refractivity contribution < 1.29 is 14.2 Å². The van der Waals surface area contributed by atoms with E-state index in [-0.39, 0.29) is 5.82 Å². The van der Waals surface area contributed by atoms with E-state index in [1.807, 2.05) is 6.92 Å². The van der Waals surface area contributed by atoms with Crippen molar-refractivity contribution >= 4 is 0 Å². The predicted molar refractivity (Wildman–Crippen MR) is 74.9 cm³/mol. The molecule has 1 N–H and O–H groups in total. The summed E-state index contributed by atoms with van der Waals surface area (Å²) in [4.78, 5) is 6.23. The molecule has 1 aliphatic heterocycles. The predicted octanol–water partition coefficient (Wildman–Crippen LogP) is 2.15. The van der Waals surface area contributed by atoms with Gasteiger partial charge in [-0.25, -0.2) is 4.39 Å². The van der Waals surface area contributed by atoms with E-state index < -0.39 is 6.10 Å². The lowest BCUT2D eigenvalue weighted by molar-refractivity contribution is 0.00198. The van der Waals surface area contributed by atoms with Gasteiger partial charge >= 0.3 is 0 Å². The first-order chi connectivity index (χ1) is 9.69. The van der Waals surface area contributed by atoms with Gasteiger partial charge in [-0.05, 0) is 44.9 Å². The maximum Gasteiger partial charge on any atom is 0.141 e. The lowest BCUT2D eigenvalue weighted by Crippen LogP contribution is -2.40. The molecule has 1 aliphatic rings. The molecule has 4 nitrogen and oxygen atoms in total. The van der Waals surface area contributed by atoms with Gasteiger partial charge in [-0.3, -0.25) is 4.98 Å². The van der Waals surface area contributed by atoms with Crippen LogP contribution < -0.4 is 0 Å². The second kappa shape index (κ2) is 7.67. The van der Waals surface area contributed by atoms with Crippen LogP contribution in [-0.2, 0) is 4.74 Å². The molecular formula is C15H23FN2O2.